The van der Waals surface area contributed by atoms with Gasteiger partial charge in [-0.3, -0.25) is 0 Å². The second-order valence-electron chi connectivity index (χ2n) is 19.6. The first-order valence-corrected chi connectivity index (χ1v) is 43.1. The number of rotatable bonds is 32. The molecule has 0 aliphatic carbocycles. The fourth-order valence-corrected chi connectivity index (χ4v) is 51.3. The summed E-state index contributed by atoms with van der Waals surface area (Å²) in [5.41, 5.74) is 6.40. The molecule has 0 spiro atoms. The fourth-order valence-electron chi connectivity index (χ4n) is 10.7. The van der Waals surface area contributed by atoms with Crippen molar-refractivity contribution >= 4 is 65.2 Å². The van der Waals surface area contributed by atoms with Crippen molar-refractivity contribution in [2.75, 3.05) is 0 Å². The number of unbranched alkanes of at least 4 members (excludes halogenated alkanes) is 12. The predicted octanol–water partition coefficient (Wildman–Crippen LogP) is 18.5. The molecule has 1 nitrogen and oxygen atoms in total. The van der Waals surface area contributed by atoms with Gasteiger partial charge in [0.1, 0.15) is 0 Å². The van der Waals surface area contributed by atoms with Crippen LogP contribution in [0.1, 0.15) is 212 Å². The molecule has 2 aromatic heterocycles. The Balaban J connectivity index is 1.80. The molecule has 0 amide bonds. The molecule has 1 aliphatic rings. The third-order valence-electron chi connectivity index (χ3n) is 14.7. The van der Waals surface area contributed by atoms with Gasteiger partial charge in [0.15, 0.2) is 0 Å². The van der Waals surface area contributed by atoms with E-state index < -0.39 is 42.4 Å². The minimum absolute atomic E-state index is 0.663. The summed E-state index contributed by atoms with van der Waals surface area (Å²) in [6.07, 6.45) is 29.0. The van der Waals surface area contributed by atoms with Gasteiger partial charge in [0.05, 0.1) is 0 Å². The van der Waals surface area contributed by atoms with Crippen LogP contribution in [0.5, 0.6) is 5.75 Å². The van der Waals surface area contributed by atoms with E-state index in [0.717, 1.165) is 0 Å². The van der Waals surface area contributed by atoms with Crippen molar-refractivity contribution in [3.8, 4) is 15.5 Å². The standard InChI is InChI=1S/C33H36OS2.6C4H9.2Sn/c1-3-5-7-9-11-25-13-17-27(18-14-25)33(28-19-15-26(16-20-28)12-10-8-6-4-2)29-21-23-35-31(29)32-30(34-33)22-24-36-32;6*1-3-4-2;;/h13-22H,3-12H2,1-2H3;6*1,3-4H2,2H3;;. The molecule has 0 bridgehead atoms. The average Bonchev–Trinajstić information content (AvgIpc) is 3.96. The first kappa shape index (κ1) is 52.2. The minimum atomic E-state index is -2.83. The van der Waals surface area contributed by atoms with Gasteiger partial charge in [-0.25, -0.2) is 0 Å². The fraction of sp³-hybridized carbons (Fsp3) is 0.649. The van der Waals surface area contributed by atoms with Crippen molar-refractivity contribution in [3.63, 3.8) is 0 Å². The third kappa shape index (κ3) is 13.0. The summed E-state index contributed by atoms with van der Waals surface area (Å²) in [5, 5.41) is 0. The summed E-state index contributed by atoms with van der Waals surface area (Å²) >= 11 is -1.07. The quantitative estimate of drug-likeness (QED) is 0.0350. The van der Waals surface area contributed by atoms with E-state index in [1.165, 1.54) is 206 Å². The SMILES string of the molecule is CCCCCCc1ccc(C2(c3ccc(CCCCCC)cc3)Oc3c[c]([Sn]([CH2]CCC)([CH2]CCC)[CH2]CCC)sc3-c3s[c]([Sn]([CH2]CCC)([CH2]CCC)[CH2]CCC)cc32)cc1. The van der Waals surface area contributed by atoms with Gasteiger partial charge in [0.2, 0.25) is 0 Å². The molecule has 0 fully saturated rings. The molecule has 0 N–H and O–H groups in total. The zero-order chi connectivity index (χ0) is 44.3. The molecule has 3 heterocycles. The molecule has 62 heavy (non-hydrogen) atoms. The van der Waals surface area contributed by atoms with E-state index in [9.17, 15) is 0 Å². The maximum atomic E-state index is 8.06. The van der Waals surface area contributed by atoms with Crippen molar-refractivity contribution < 1.29 is 4.74 Å². The molecule has 1 aliphatic heterocycles. The Hall–Kier alpha value is -0.763. The van der Waals surface area contributed by atoms with Crippen LogP contribution >= 0.6 is 22.7 Å². The van der Waals surface area contributed by atoms with Gasteiger partial charge >= 0.3 is 376 Å². The van der Waals surface area contributed by atoms with E-state index in [4.69, 9.17) is 4.74 Å². The summed E-state index contributed by atoms with van der Waals surface area (Å²) in [6.45, 7) is 19.2. The van der Waals surface area contributed by atoms with Gasteiger partial charge in [0, 0.05) is 0 Å². The van der Waals surface area contributed by atoms with Crippen LogP contribution in [0.3, 0.4) is 0 Å². The zero-order valence-electron chi connectivity index (χ0n) is 41.3. The van der Waals surface area contributed by atoms with Crippen LogP contribution in [0.25, 0.3) is 9.75 Å². The number of hydrogen-bond donors (Lipinski definition) is 0. The van der Waals surface area contributed by atoms with Crippen molar-refractivity contribution in [2.45, 2.75) is 229 Å². The average molecular weight is 1090 g/mol. The summed E-state index contributed by atoms with van der Waals surface area (Å²) in [7, 11) is 0. The molecule has 4 aromatic rings. The first-order chi connectivity index (χ1) is 30.3. The van der Waals surface area contributed by atoms with Gasteiger partial charge in [-0.2, -0.15) is 0 Å². The molecule has 0 unspecified atom stereocenters. The van der Waals surface area contributed by atoms with Crippen molar-refractivity contribution in [2.24, 2.45) is 0 Å². The normalized spacial score (nSPS) is 13.6. The zero-order valence-corrected chi connectivity index (χ0v) is 48.6. The molecule has 2 aromatic carbocycles. The van der Waals surface area contributed by atoms with E-state index >= 15 is 0 Å². The Bertz CT molecular complexity index is 1740. The molecule has 344 valence electrons. The van der Waals surface area contributed by atoms with Crippen LogP contribution < -0.4 is 10.5 Å². The van der Waals surface area contributed by atoms with Gasteiger partial charge in [-0.05, 0) is 0 Å². The number of ether oxygens (including phenoxy) is 1. The second-order valence-corrected chi connectivity index (χ2v) is 50.1. The van der Waals surface area contributed by atoms with Crippen molar-refractivity contribution in [3.05, 3.63) is 88.5 Å². The van der Waals surface area contributed by atoms with Crippen LogP contribution in [-0.4, -0.2) is 36.8 Å². The number of aryl methyl sites for hydroxylation is 2. The van der Waals surface area contributed by atoms with Gasteiger partial charge in [-0.1, -0.05) is 26.7 Å². The number of hydrogen-bond acceptors (Lipinski definition) is 3. The van der Waals surface area contributed by atoms with E-state index in [0.29, 0.717) is 0 Å². The second kappa shape index (κ2) is 27.1. The van der Waals surface area contributed by atoms with Gasteiger partial charge < -0.3 is 0 Å². The summed E-state index contributed by atoms with van der Waals surface area (Å²) in [4.78, 5) is 3.08. The van der Waals surface area contributed by atoms with E-state index in [-0.39, 0.29) is 0 Å². The molecular formula is C57H90OS2Sn2. The topological polar surface area (TPSA) is 9.23 Å². The molecule has 0 atom stereocenters. The number of fused-ring (bicyclic) bond motifs is 3. The molecule has 0 saturated carbocycles. The van der Waals surface area contributed by atoms with Crippen LogP contribution in [0.15, 0.2) is 60.7 Å². The van der Waals surface area contributed by atoms with Gasteiger partial charge in [-0.15, -0.1) is 0 Å². The Morgan fingerprint density at radius 3 is 1.13 bits per heavy atom. The van der Waals surface area contributed by atoms with Crippen molar-refractivity contribution in [1.29, 1.82) is 0 Å². The van der Waals surface area contributed by atoms with Crippen LogP contribution in [0, 0.1) is 0 Å². The van der Waals surface area contributed by atoms with E-state index in [1.54, 1.807) is 4.88 Å². The molecule has 5 heteroatoms. The van der Waals surface area contributed by atoms with Gasteiger partial charge in [0.25, 0.3) is 0 Å². The third-order valence-corrected chi connectivity index (χ3v) is 53.6. The summed E-state index contributed by atoms with van der Waals surface area (Å²) in [5.74, 6) is 1.21. The maximum absolute atomic E-state index is 8.06. The first-order valence-electron chi connectivity index (χ1n) is 26.5. The number of thiophene rings is 2. The Labute approximate surface area is 399 Å². The number of benzene rings is 2. The molecule has 5 rings (SSSR count). The van der Waals surface area contributed by atoms with Crippen LogP contribution in [-0.2, 0) is 18.4 Å². The van der Waals surface area contributed by atoms with Crippen LogP contribution in [0.4, 0.5) is 0 Å². The van der Waals surface area contributed by atoms with Crippen LogP contribution in [0.2, 0.25) is 26.6 Å². The molecule has 0 saturated heterocycles. The van der Waals surface area contributed by atoms with E-state index in [1.807, 2.05) is 5.79 Å². The van der Waals surface area contributed by atoms with E-state index in [2.05, 4.69) is 139 Å². The molecule has 0 radical (unpaired) electrons. The Morgan fingerprint density at radius 1 is 0.403 bits per heavy atom. The van der Waals surface area contributed by atoms with Crippen molar-refractivity contribution in [1.82, 2.24) is 0 Å². The Morgan fingerprint density at radius 2 is 0.758 bits per heavy atom. The monoisotopic (exact) mass is 1090 g/mol. The summed E-state index contributed by atoms with van der Waals surface area (Å²) < 4.78 is 20.8. The Kier molecular flexibility index (Phi) is 22.9. The summed E-state index contributed by atoms with van der Waals surface area (Å²) in [6, 6.07) is 25.3. The molecular weight excluding hydrogens is 1000 g/mol. The predicted molar refractivity (Wildman–Crippen MR) is 286 cm³/mol.